The summed E-state index contributed by atoms with van der Waals surface area (Å²) in [6, 6.07) is 3.20. The van der Waals surface area contributed by atoms with Crippen LogP contribution in [0.5, 0.6) is 0 Å². The Morgan fingerprint density at radius 3 is 2.68 bits per heavy atom. The second-order valence-corrected chi connectivity index (χ2v) is 7.23. The molecule has 4 nitrogen and oxygen atoms in total. The quantitative estimate of drug-likeness (QED) is 0.903. The second-order valence-electron chi connectivity index (χ2n) is 7.23. The van der Waals surface area contributed by atoms with Crippen molar-refractivity contribution in [2.24, 2.45) is 5.41 Å². The van der Waals surface area contributed by atoms with Crippen LogP contribution in [0.15, 0.2) is 18.2 Å². The molecule has 1 saturated carbocycles. The molecule has 2 unspecified atom stereocenters. The predicted octanol–water partition coefficient (Wildman–Crippen LogP) is 3.55. The molecule has 1 saturated heterocycles. The van der Waals surface area contributed by atoms with Gasteiger partial charge in [-0.25, -0.2) is 8.78 Å². The highest BCUT2D eigenvalue weighted by Crippen LogP contribution is 2.46. The smallest absolute Gasteiger partial charge is 0.233 e. The van der Waals surface area contributed by atoms with Gasteiger partial charge in [-0.1, -0.05) is 13.3 Å². The van der Waals surface area contributed by atoms with Crippen molar-refractivity contribution < 1.29 is 18.4 Å². The van der Waals surface area contributed by atoms with E-state index in [0.717, 1.165) is 31.7 Å². The van der Waals surface area contributed by atoms with Gasteiger partial charge in [0.15, 0.2) is 0 Å². The third-order valence-corrected chi connectivity index (χ3v) is 5.36. The summed E-state index contributed by atoms with van der Waals surface area (Å²) in [6.07, 6.45) is 5.06. The number of hydrogen-bond acceptors (Lipinski definition) is 2. The van der Waals surface area contributed by atoms with Gasteiger partial charge in [0.2, 0.25) is 11.8 Å². The number of nitrogens with one attached hydrogen (secondary N) is 1. The lowest BCUT2D eigenvalue weighted by Crippen LogP contribution is -2.45. The summed E-state index contributed by atoms with van der Waals surface area (Å²) < 4.78 is 27.0. The highest BCUT2D eigenvalue weighted by molar-refractivity contribution is 6.00. The third kappa shape index (κ3) is 3.67. The number of benzene rings is 1. The zero-order chi connectivity index (χ0) is 18.0. The molecule has 1 spiro atoms. The standard InChI is InChI=1S/C19H24F2N2O2/c1-2-4-17(24)22-15-5-3-6-19(12-15)7-8-23(18(19)25)16-10-13(20)9-14(21)11-16/h9-11,15H,2-8,12H2,1H3,(H,22,24). The molecule has 3 rings (SSSR count). The fourth-order valence-electron chi connectivity index (χ4n) is 4.20. The maximum absolute atomic E-state index is 13.5. The summed E-state index contributed by atoms with van der Waals surface area (Å²) >= 11 is 0. The van der Waals surface area contributed by atoms with E-state index in [4.69, 9.17) is 0 Å². The maximum atomic E-state index is 13.5. The van der Waals surface area contributed by atoms with Crippen molar-refractivity contribution in [3.63, 3.8) is 0 Å². The van der Waals surface area contributed by atoms with Crippen LogP contribution >= 0.6 is 0 Å². The Bertz CT molecular complexity index is 659. The van der Waals surface area contributed by atoms with Crippen LogP contribution in [0.4, 0.5) is 14.5 Å². The van der Waals surface area contributed by atoms with E-state index in [1.807, 2.05) is 6.92 Å². The van der Waals surface area contributed by atoms with Crippen molar-refractivity contribution in [1.29, 1.82) is 0 Å². The van der Waals surface area contributed by atoms with Gasteiger partial charge in [0, 0.05) is 30.8 Å². The van der Waals surface area contributed by atoms with Crippen LogP contribution in [-0.4, -0.2) is 24.4 Å². The van der Waals surface area contributed by atoms with Gasteiger partial charge in [0.05, 0.1) is 5.41 Å². The maximum Gasteiger partial charge on any atom is 0.233 e. The van der Waals surface area contributed by atoms with Gasteiger partial charge in [0.1, 0.15) is 11.6 Å². The molecule has 0 radical (unpaired) electrons. The fourth-order valence-corrected chi connectivity index (χ4v) is 4.20. The molecule has 2 atom stereocenters. The van der Waals surface area contributed by atoms with Gasteiger partial charge in [-0.05, 0) is 44.2 Å². The minimum atomic E-state index is -0.683. The molecule has 1 N–H and O–H groups in total. The molecule has 1 aliphatic heterocycles. The first kappa shape index (κ1) is 17.8. The van der Waals surface area contributed by atoms with E-state index in [1.165, 1.54) is 17.0 Å². The van der Waals surface area contributed by atoms with E-state index in [9.17, 15) is 18.4 Å². The lowest BCUT2D eigenvalue weighted by Gasteiger charge is -2.37. The molecule has 25 heavy (non-hydrogen) atoms. The van der Waals surface area contributed by atoms with Crippen molar-refractivity contribution >= 4 is 17.5 Å². The number of amides is 2. The molecule has 6 heteroatoms. The Kier molecular flexibility index (Phi) is 5.06. The van der Waals surface area contributed by atoms with Crippen LogP contribution < -0.4 is 10.2 Å². The molecule has 2 aliphatic rings. The summed E-state index contributed by atoms with van der Waals surface area (Å²) in [5, 5.41) is 3.03. The van der Waals surface area contributed by atoms with Crippen LogP contribution in [0.25, 0.3) is 0 Å². The van der Waals surface area contributed by atoms with Crippen LogP contribution in [-0.2, 0) is 9.59 Å². The van der Waals surface area contributed by atoms with Crippen molar-refractivity contribution in [2.45, 2.75) is 57.9 Å². The lowest BCUT2D eigenvalue weighted by molar-refractivity contribution is -0.129. The lowest BCUT2D eigenvalue weighted by atomic mass is 9.71. The van der Waals surface area contributed by atoms with Crippen molar-refractivity contribution in [3.8, 4) is 0 Å². The summed E-state index contributed by atoms with van der Waals surface area (Å²) in [7, 11) is 0. The van der Waals surface area contributed by atoms with Crippen LogP contribution in [0.3, 0.4) is 0 Å². The molecule has 1 aromatic carbocycles. The van der Waals surface area contributed by atoms with E-state index < -0.39 is 17.0 Å². The van der Waals surface area contributed by atoms with Crippen LogP contribution in [0, 0.1) is 17.0 Å². The zero-order valence-corrected chi connectivity index (χ0v) is 14.5. The highest BCUT2D eigenvalue weighted by atomic mass is 19.1. The van der Waals surface area contributed by atoms with E-state index in [2.05, 4.69) is 5.32 Å². The van der Waals surface area contributed by atoms with E-state index in [0.29, 0.717) is 25.8 Å². The number of anilines is 1. The van der Waals surface area contributed by atoms with Crippen molar-refractivity contribution in [3.05, 3.63) is 29.8 Å². The highest BCUT2D eigenvalue weighted by Gasteiger charge is 2.49. The SMILES string of the molecule is CCCC(=O)NC1CCCC2(CCN(c3cc(F)cc(F)c3)C2=O)C1. The first-order valence-corrected chi connectivity index (χ1v) is 9.01. The van der Waals surface area contributed by atoms with Gasteiger partial charge in [0.25, 0.3) is 0 Å². The minimum Gasteiger partial charge on any atom is -0.353 e. The number of carbonyl (C=O) groups excluding carboxylic acids is 2. The van der Waals surface area contributed by atoms with Gasteiger partial charge in [-0.15, -0.1) is 0 Å². The Morgan fingerprint density at radius 2 is 2.00 bits per heavy atom. The molecule has 2 fully saturated rings. The topological polar surface area (TPSA) is 49.4 Å². The van der Waals surface area contributed by atoms with Crippen molar-refractivity contribution in [1.82, 2.24) is 5.32 Å². The van der Waals surface area contributed by atoms with E-state index in [-0.39, 0.29) is 23.5 Å². The molecule has 136 valence electrons. The van der Waals surface area contributed by atoms with E-state index >= 15 is 0 Å². The summed E-state index contributed by atoms with van der Waals surface area (Å²) in [6.45, 7) is 2.41. The van der Waals surface area contributed by atoms with Gasteiger partial charge >= 0.3 is 0 Å². The van der Waals surface area contributed by atoms with Gasteiger partial charge in [-0.2, -0.15) is 0 Å². The fraction of sp³-hybridized carbons (Fsp3) is 0.579. The monoisotopic (exact) mass is 350 g/mol. The number of carbonyl (C=O) groups is 2. The zero-order valence-electron chi connectivity index (χ0n) is 14.5. The van der Waals surface area contributed by atoms with E-state index in [1.54, 1.807) is 0 Å². The molecule has 2 amide bonds. The molecule has 1 heterocycles. The van der Waals surface area contributed by atoms with Crippen molar-refractivity contribution in [2.75, 3.05) is 11.4 Å². The Morgan fingerprint density at radius 1 is 1.28 bits per heavy atom. The van der Waals surface area contributed by atoms with Gasteiger partial charge < -0.3 is 10.2 Å². The summed E-state index contributed by atoms with van der Waals surface area (Å²) in [5.74, 6) is -1.42. The molecule has 0 aromatic heterocycles. The van der Waals surface area contributed by atoms with Crippen LogP contribution in [0.1, 0.15) is 51.9 Å². The minimum absolute atomic E-state index is 0.000876. The normalized spacial score (nSPS) is 26.3. The Balaban J connectivity index is 1.74. The van der Waals surface area contributed by atoms with Crippen LogP contribution in [0.2, 0.25) is 0 Å². The molecular formula is C19H24F2N2O2. The summed E-state index contributed by atoms with van der Waals surface area (Å²) in [4.78, 5) is 26.4. The molecule has 0 bridgehead atoms. The number of rotatable bonds is 4. The molecular weight excluding hydrogens is 326 g/mol. The first-order valence-electron chi connectivity index (χ1n) is 9.01. The molecule has 1 aliphatic carbocycles. The average molecular weight is 350 g/mol. The first-order chi connectivity index (χ1) is 11.9. The largest absolute Gasteiger partial charge is 0.353 e. The third-order valence-electron chi connectivity index (χ3n) is 5.36. The molecule has 1 aromatic rings. The Hall–Kier alpha value is -1.98. The van der Waals surface area contributed by atoms with Gasteiger partial charge in [-0.3, -0.25) is 9.59 Å². The number of hydrogen-bond donors (Lipinski definition) is 1. The average Bonchev–Trinajstić information content (AvgIpc) is 2.83. The predicted molar refractivity (Wildman–Crippen MR) is 91.1 cm³/mol. The summed E-state index contributed by atoms with van der Waals surface area (Å²) in [5.41, 5.74) is -0.248. The second kappa shape index (κ2) is 7.10. The Labute approximate surface area is 146 Å². The number of halogens is 2. The number of nitrogens with zero attached hydrogens (tertiary/aromatic N) is 1.